The Hall–Kier alpha value is -1.75. The number of carbonyl (C=O) groups excluding carboxylic acids is 3. The van der Waals surface area contributed by atoms with Crippen LogP contribution in [0.15, 0.2) is 0 Å². The summed E-state index contributed by atoms with van der Waals surface area (Å²) in [6, 6.07) is 0. The summed E-state index contributed by atoms with van der Waals surface area (Å²) in [5.41, 5.74) is 0. The molecule has 0 spiro atoms. The lowest BCUT2D eigenvalue weighted by atomic mass is 10.2. The summed E-state index contributed by atoms with van der Waals surface area (Å²) in [5.74, 6) is -2.37. The maximum Gasteiger partial charge on any atom is 0.308 e. The van der Waals surface area contributed by atoms with Crippen LogP contribution in [0.25, 0.3) is 0 Å². The van der Waals surface area contributed by atoms with Gasteiger partial charge in [0.1, 0.15) is 19.3 Å². The minimum atomic E-state index is -1.50. The fraction of sp³-hybridized carbons (Fsp3) is 0.812. The molecule has 0 radical (unpaired) electrons. The summed E-state index contributed by atoms with van der Waals surface area (Å²) >= 11 is 0. The van der Waals surface area contributed by atoms with E-state index in [1.165, 1.54) is 20.8 Å². The van der Waals surface area contributed by atoms with Crippen LogP contribution in [0.5, 0.6) is 0 Å². The summed E-state index contributed by atoms with van der Waals surface area (Å²) < 4.78 is 14.6. The van der Waals surface area contributed by atoms with Crippen molar-refractivity contribution in [3.05, 3.63) is 0 Å². The van der Waals surface area contributed by atoms with Gasteiger partial charge in [-0.25, -0.2) is 0 Å². The van der Waals surface area contributed by atoms with E-state index in [1.54, 1.807) is 0 Å². The van der Waals surface area contributed by atoms with Crippen molar-refractivity contribution in [3.8, 4) is 0 Å². The van der Waals surface area contributed by atoms with Crippen LogP contribution in [0.3, 0.4) is 0 Å². The van der Waals surface area contributed by atoms with Crippen LogP contribution in [0.4, 0.5) is 0 Å². The Morgan fingerprint density at radius 2 is 1.08 bits per heavy atom. The van der Waals surface area contributed by atoms with Gasteiger partial charge in [0.15, 0.2) is 6.10 Å². The van der Waals surface area contributed by atoms with E-state index >= 15 is 0 Å². The minimum Gasteiger partial charge on any atom is -0.463 e. The largest absolute Gasteiger partial charge is 0.463 e. The average Bonchev–Trinajstić information content (AvgIpc) is 2.46. The monoisotopic (exact) mass is 380 g/mol. The Morgan fingerprint density at radius 3 is 1.50 bits per heavy atom. The maximum absolute atomic E-state index is 11.7. The van der Waals surface area contributed by atoms with Gasteiger partial charge in [0.2, 0.25) is 0 Å². The summed E-state index contributed by atoms with van der Waals surface area (Å²) in [5, 5.41) is 37.4. The van der Waals surface area contributed by atoms with Crippen molar-refractivity contribution in [2.24, 2.45) is 0 Å². The zero-order valence-corrected chi connectivity index (χ0v) is 15.2. The smallest absolute Gasteiger partial charge is 0.308 e. The van der Waals surface area contributed by atoms with Crippen LogP contribution in [-0.2, 0) is 28.6 Å². The summed E-state index contributed by atoms with van der Waals surface area (Å²) in [6.07, 6.45) is -6.54. The van der Waals surface area contributed by atoms with Gasteiger partial charge in [-0.2, -0.15) is 0 Å². The van der Waals surface area contributed by atoms with E-state index in [9.17, 15) is 24.6 Å². The van der Waals surface area contributed by atoms with Crippen LogP contribution in [0.1, 0.15) is 40.0 Å². The second-order valence-electron chi connectivity index (χ2n) is 6.12. The highest BCUT2D eigenvalue weighted by atomic mass is 16.6. The third-order valence-electron chi connectivity index (χ3n) is 2.92. The standard InChI is InChI=1S/C16H28O10/c1-9(17)4-14(21)24-7-12(20)13(26-16(23)6-11(3)19)8-25-15(22)5-10(2)18/h9-13,17-20H,4-8H2,1-3H3/t9?,10?,11?,12-,13+/m0/s1. The molecular weight excluding hydrogens is 352 g/mol. The molecule has 0 amide bonds. The van der Waals surface area contributed by atoms with Crippen LogP contribution < -0.4 is 0 Å². The molecule has 0 aromatic rings. The molecule has 152 valence electrons. The van der Waals surface area contributed by atoms with Crippen LogP contribution in [-0.4, -0.2) is 82.1 Å². The first-order valence-corrected chi connectivity index (χ1v) is 8.24. The van der Waals surface area contributed by atoms with Crippen molar-refractivity contribution in [1.82, 2.24) is 0 Å². The van der Waals surface area contributed by atoms with Crippen molar-refractivity contribution in [1.29, 1.82) is 0 Å². The molecule has 0 rings (SSSR count). The number of carbonyl (C=O) groups is 3. The van der Waals surface area contributed by atoms with E-state index in [0.29, 0.717) is 0 Å². The Balaban J connectivity index is 4.70. The molecule has 5 atom stereocenters. The fourth-order valence-corrected chi connectivity index (χ4v) is 1.74. The van der Waals surface area contributed by atoms with E-state index in [1.807, 2.05) is 0 Å². The molecule has 0 saturated heterocycles. The highest BCUT2D eigenvalue weighted by molar-refractivity contribution is 5.71. The molecule has 10 heteroatoms. The third kappa shape index (κ3) is 12.6. The summed E-state index contributed by atoms with van der Waals surface area (Å²) in [7, 11) is 0. The number of hydrogen-bond acceptors (Lipinski definition) is 10. The van der Waals surface area contributed by atoms with Gasteiger partial charge in [-0.1, -0.05) is 0 Å². The molecule has 0 aliphatic heterocycles. The SMILES string of the molecule is CC(O)CC(=O)OC[C@H](O)[C@@H](COC(=O)CC(C)O)OC(=O)CC(C)O. The first-order valence-electron chi connectivity index (χ1n) is 8.24. The zero-order valence-electron chi connectivity index (χ0n) is 15.2. The van der Waals surface area contributed by atoms with Crippen LogP contribution >= 0.6 is 0 Å². The summed E-state index contributed by atoms with van der Waals surface area (Å²) in [4.78, 5) is 34.5. The molecule has 3 unspecified atom stereocenters. The molecule has 0 bridgehead atoms. The third-order valence-corrected chi connectivity index (χ3v) is 2.92. The Labute approximate surface area is 151 Å². The maximum atomic E-state index is 11.7. The molecule has 10 nitrogen and oxygen atoms in total. The second-order valence-corrected chi connectivity index (χ2v) is 6.12. The predicted octanol–water partition coefficient (Wildman–Crippen LogP) is -1.34. The number of aliphatic hydroxyl groups is 4. The Morgan fingerprint density at radius 1 is 0.692 bits per heavy atom. The van der Waals surface area contributed by atoms with Crippen LogP contribution in [0.2, 0.25) is 0 Å². The molecule has 0 aliphatic carbocycles. The molecule has 0 fully saturated rings. The van der Waals surface area contributed by atoms with Gasteiger partial charge in [0.25, 0.3) is 0 Å². The van der Waals surface area contributed by atoms with Crippen LogP contribution in [0, 0.1) is 0 Å². The van der Waals surface area contributed by atoms with Gasteiger partial charge >= 0.3 is 17.9 Å². The lowest BCUT2D eigenvalue weighted by molar-refractivity contribution is -0.173. The molecular formula is C16H28O10. The highest BCUT2D eigenvalue weighted by Crippen LogP contribution is 2.08. The first-order chi connectivity index (χ1) is 12.0. The average molecular weight is 380 g/mol. The number of ether oxygens (including phenoxy) is 3. The Kier molecular flexibility index (Phi) is 11.7. The van der Waals surface area contributed by atoms with Gasteiger partial charge in [-0.15, -0.1) is 0 Å². The second kappa shape index (κ2) is 12.6. The fourth-order valence-electron chi connectivity index (χ4n) is 1.74. The number of hydrogen-bond donors (Lipinski definition) is 4. The van der Waals surface area contributed by atoms with Gasteiger partial charge in [-0.05, 0) is 20.8 Å². The zero-order chi connectivity index (χ0) is 20.3. The molecule has 4 N–H and O–H groups in total. The van der Waals surface area contributed by atoms with Gasteiger partial charge in [0, 0.05) is 0 Å². The van der Waals surface area contributed by atoms with E-state index < -0.39 is 61.6 Å². The number of esters is 3. The predicted molar refractivity (Wildman–Crippen MR) is 86.7 cm³/mol. The molecule has 0 aromatic heterocycles. The van der Waals surface area contributed by atoms with Gasteiger partial charge < -0.3 is 34.6 Å². The molecule has 26 heavy (non-hydrogen) atoms. The Bertz CT molecular complexity index is 446. The topological polar surface area (TPSA) is 160 Å². The number of rotatable bonds is 12. The van der Waals surface area contributed by atoms with E-state index in [4.69, 9.17) is 24.4 Å². The lowest BCUT2D eigenvalue weighted by Gasteiger charge is -2.23. The normalized spacial score (nSPS) is 16.7. The van der Waals surface area contributed by atoms with Crippen molar-refractivity contribution in [3.63, 3.8) is 0 Å². The quantitative estimate of drug-likeness (QED) is 0.236. The van der Waals surface area contributed by atoms with E-state index in [-0.39, 0.29) is 19.3 Å². The molecule has 0 heterocycles. The van der Waals surface area contributed by atoms with E-state index in [0.717, 1.165) is 0 Å². The molecule has 0 saturated carbocycles. The molecule has 0 aromatic carbocycles. The first kappa shape index (κ1) is 24.2. The van der Waals surface area contributed by atoms with Gasteiger partial charge in [0.05, 0.1) is 37.6 Å². The minimum absolute atomic E-state index is 0.275. The highest BCUT2D eigenvalue weighted by Gasteiger charge is 2.27. The van der Waals surface area contributed by atoms with Crippen molar-refractivity contribution in [2.45, 2.75) is 70.6 Å². The summed E-state index contributed by atoms with van der Waals surface area (Å²) in [6.45, 7) is 3.07. The van der Waals surface area contributed by atoms with E-state index in [2.05, 4.69) is 0 Å². The lowest BCUT2D eigenvalue weighted by Crippen LogP contribution is -2.40. The van der Waals surface area contributed by atoms with Crippen molar-refractivity contribution in [2.75, 3.05) is 13.2 Å². The van der Waals surface area contributed by atoms with Gasteiger partial charge in [-0.3, -0.25) is 14.4 Å². The molecule has 0 aliphatic rings. The van der Waals surface area contributed by atoms with Crippen molar-refractivity contribution >= 4 is 17.9 Å². The number of aliphatic hydroxyl groups excluding tert-OH is 4. The van der Waals surface area contributed by atoms with Crippen molar-refractivity contribution < 1.29 is 49.0 Å².